The summed E-state index contributed by atoms with van der Waals surface area (Å²) in [6.45, 7) is 0. The van der Waals surface area contributed by atoms with Crippen LogP contribution in [-0.4, -0.2) is 24.0 Å². The molecule has 3 nitrogen and oxygen atoms in total. The van der Waals surface area contributed by atoms with E-state index < -0.39 is 0 Å². The van der Waals surface area contributed by atoms with Gasteiger partial charge in [-0.3, -0.25) is 4.79 Å². The zero-order chi connectivity index (χ0) is 13.1. The Bertz CT molecular complexity index is 406. The summed E-state index contributed by atoms with van der Waals surface area (Å²) in [5.74, 6) is 0.239. The van der Waals surface area contributed by atoms with Gasteiger partial charge in [-0.25, -0.2) is 0 Å². The summed E-state index contributed by atoms with van der Waals surface area (Å²) in [4.78, 5) is 13.3. The molecule has 1 aromatic rings. The van der Waals surface area contributed by atoms with Gasteiger partial charge >= 0.3 is 0 Å². The molecule has 3 heterocycles. The third-order valence-electron chi connectivity index (χ3n) is 4.25. The molecular formula is C15H22N2OS. The van der Waals surface area contributed by atoms with Crippen molar-refractivity contribution in [3.63, 3.8) is 0 Å². The van der Waals surface area contributed by atoms with Crippen molar-refractivity contribution >= 4 is 17.2 Å². The molecule has 0 radical (unpaired) electrons. The lowest BCUT2D eigenvalue weighted by Crippen LogP contribution is -2.48. The Morgan fingerprint density at radius 2 is 2.16 bits per heavy atom. The molecule has 2 aliphatic rings. The number of carbonyl (C=O) groups excluding carboxylic acids is 1. The second-order valence-corrected chi connectivity index (χ2v) is 6.84. The van der Waals surface area contributed by atoms with E-state index in [0.29, 0.717) is 24.5 Å². The summed E-state index contributed by atoms with van der Waals surface area (Å²) in [5, 5.41) is 8.93. The van der Waals surface area contributed by atoms with Crippen LogP contribution < -0.4 is 10.6 Å². The number of amides is 1. The number of fused-ring (bicyclic) bond motifs is 2. The lowest BCUT2D eigenvalue weighted by molar-refractivity contribution is -0.122. The lowest BCUT2D eigenvalue weighted by atomic mass is 9.99. The van der Waals surface area contributed by atoms with Crippen molar-refractivity contribution in [1.82, 2.24) is 10.6 Å². The number of hydrogen-bond acceptors (Lipinski definition) is 3. The van der Waals surface area contributed by atoms with Crippen molar-refractivity contribution in [1.29, 1.82) is 0 Å². The SMILES string of the molecule is O=C(CCCc1cccs1)NC1CC2CCC(C1)N2. The van der Waals surface area contributed by atoms with E-state index in [2.05, 4.69) is 28.1 Å². The third-order valence-corrected chi connectivity index (χ3v) is 5.18. The Labute approximate surface area is 118 Å². The summed E-state index contributed by atoms with van der Waals surface area (Å²) in [7, 11) is 0. The van der Waals surface area contributed by atoms with Gasteiger partial charge in [-0.15, -0.1) is 11.3 Å². The van der Waals surface area contributed by atoms with Crippen LogP contribution in [0.1, 0.15) is 43.4 Å². The van der Waals surface area contributed by atoms with Gasteiger partial charge in [0.15, 0.2) is 0 Å². The Morgan fingerprint density at radius 3 is 2.84 bits per heavy atom. The highest BCUT2D eigenvalue weighted by molar-refractivity contribution is 7.09. The quantitative estimate of drug-likeness (QED) is 0.869. The molecule has 2 fully saturated rings. The molecule has 2 N–H and O–H groups in total. The summed E-state index contributed by atoms with van der Waals surface area (Å²) in [6, 6.07) is 5.93. The van der Waals surface area contributed by atoms with E-state index >= 15 is 0 Å². The molecule has 19 heavy (non-hydrogen) atoms. The summed E-state index contributed by atoms with van der Waals surface area (Å²) in [6.07, 6.45) is 7.47. The van der Waals surface area contributed by atoms with Gasteiger partial charge in [-0.05, 0) is 50.0 Å². The zero-order valence-electron chi connectivity index (χ0n) is 11.2. The van der Waals surface area contributed by atoms with Crippen LogP contribution in [-0.2, 0) is 11.2 Å². The van der Waals surface area contributed by atoms with Crippen LogP contribution in [0.2, 0.25) is 0 Å². The summed E-state index contributed by atoms with van der Waals surface area (Å²) >= 11 is 1.78. The van der Waals surface area contributed by atoms with Gasteiger partial charge < -0.3 is 10.6 Å². The highest BCUT2D eigenvalue weighted by atomic mass is 32.1. The van der Waals surface area contributed by atoms with Gasteiger partial charge in [0, 0.05) is 29.4 Å². The average Bonchev–Trinajstić information content (AvgIpc) is 2.99. The fourth-order valence-electron chi connectivity index (χ4n) is 3.35. The van der Waals surface area contributed by atoms with E-state index in [1.807, 2.05) is 0 Å². The van der Waals surface area contributed by atoms with Crippen LogP contribution in [0.4, 0.5) is 0 Å². The van der Waals surface area contributed by atoms with E-state index in [0.717, 1.165) is 25.7 Å². The van der Waals surface area contributed by atoms with E-state index in [1.54, 1.807) is 11.3 Å². The molecular weight excluding hydrogens is 256 g/mol. The van der Waals surface area contributed by atoms with E-state index in [9.17, 15) is 4.79 Å². The molecule has 0 aromatic carbocycles. The molecule has 2 atom stereocenters. The van der Waals surface area contributed by atoms with Crippen LogP contribution in [0.3, 0.4) is 0 Å². The maximum Gasteiger partial charge on any atom is 0.220 e. The summed E-state index contributed by atoms with van der Waals surface area (Å²) in [5.41, 5.74) is 0. The number of nitrogens with one attached hydrogen (secondary N) is 2. The topological polar surface area (TPSA) is 41.1 Å². The number of thiophene rings is 1. The highest BCUT2D eigenvalue weighted by Crippen LogP contribution is 2.26. The maximum atomic E-state index is 11.9. The first-order chi connectivity index (χ1) is 9.29. The first kappa shape index (κ1) is 13.1. The first-order valence-corrected chi connectivity index (χ1v) is 8.25. The molecule has 2 saturated heterocycles. The predicted molar refractivity (Wildman–Crippen MR) is 78.4 cm³/mol. The fraction of sp³-hybridized carbons (Fsp3) is 0.667. The average molecular weight is 278 g/mol. The van der Waals surface area contributed by atoms with E-state index in [1.165, 1.54) is 17.7 Å². The molecule has 3 rings (SSSR count). The molecule has 2 aliphatic heterocycles. The monoisotopic (exact) mass is 278 g/mol. The maximum absolute atomic E-state index is 11.9. The van der Waals surface area contributed by atoms with Crippen LogP contribution in [0.5, 0.6) is 0 Å². The highest BCUT2D eigenvalue weighted by Gasteiger charge is 2.33. The van der Waals surface area contributed by atoms with E-state index in [4.69, 9.17) is 0 Å². The Kier molecular flexibility index (Phi) is 4.18. The minimum atomic E-state index is 0.239. The van der Waals surface area contributed by atoms with Crippen molar-refractivity contribution < 1.29 is 4.79 Å². The smallest absolute Gasteiger partial charge is 0.220 e. The number of hydrogen-bond donors (Lipinski definition) is 2. The zero-order valence-corrected chi connectivity index (χ0v) is 12.0. The fourth-order valence-corrected chi connectivity index (χ4v) is 4.10. The molecule has 0 saturated carbocycles. The minimum Gasteiger partial charge on any atom is -0.353 e. The molecule has 2 unspecified atom stereocenters. The van der Waals surface area contributed by atoms with Crippen LogP contribution >= 0.6 is 11.3 Å². The van der Waals surface area contributed by atoms with Gasteiger partial charge in [-0.2, -0.15) is 0 Å². The predicted octanol–water partition coefficient (Wildman–Crippen LogP) is 2.47. The molecule has 104 valence electrons. The number of aryl methyl sites for hydroxylation is 1. The summed E-state index contributed by atoms with van der Waals surface area (Å²) < 4.78 is 0. The second kappa shape index (κ2) is 6.06. The molecule has 1 aromatic heterocycles. The molecule has 4 heteroatoms. The van der Waals surface area contributed by atoms with Crippen LogP contribution in [0.15, 0.2) is 17.5 Å². The number of carbonyl (C=O) groups is 1. The van der Waals surface area contributed by atoms with Crippen molar-refractivity contribution in [3.8, 4) is 0 Å². The Balaban J connectivity index is 1.37. The van der Waals surface area contributed by atoms with Gasteiger partial charge in [0.2, 0.25) is 5.91 Å². The largest absolute Gasteiger partial charge is 0.353 e. The van der Waals surface area contributed by atoms with Gasteiger partial charge in [0.1, 0.15) is 0 Å². The van der Waals surface area contributed by atoms with Gasteiger partial charge in [0.05, 0.1) is 0 Å². The molecule has 1 amide bonds. The number of rotatable bonds is 5. The third kappa shape index (κ3) is 3.57. The Hall–Kier alpha value is -0.870. The van der Waals surface area contributed by atoms with Crippen molar-refractivity contribution in [2.75, 3.05) is 0 Å². The number of piperidine rings is 1. The Morgan fingerprint density at radius 1 is 1.37 bits per heavy atom. The second-order valence-electron chi connectivity index (χ2n) is 5.81. The molecule has 2 bridgehead atoms. The lowest BCUT2D eigenvalue weighted by Gasteiger charge is -2.29. The van der Waals surface area contributed by atoms with Crippen LogP contribution in [0, 0.1) is 0 Å². The van der Waals surface area contributed by atoms with Crippen LogP contribution in [0.25, 0.3) is 0 Å². The van der Waals surface area contributed by atoms with E-state index in [-0.39, 0.29) is 5.91 Å². The molecule has 0 spiro atoms. The van der Waals surface area contributed by atoms with Crippen molar-refractivity contribution in [2.45, 2.75) is 63.1 Å². The minimum absolute atomic E-state index is 0.239. The van der Waals surface area contributed by atoms with Gasteiger partial charge in [-0.1, -0.05) is 6.07 Å². The molecule has 0 aliphatic carbocycles. The van der Waals surface area contributed by atoms with Crippen molar-refractivity contribution in [3.05, 3.63) is 22.4 Å². The standard InChI is InChI=1S/C15H22N2OS/c18-15(5-1-3-14-4-2-8-19-14)17-13-9-11-6-7-12(10-13)16-11/h2,4,8,11-13,16H,1,3,5-7,9-10H2,(H,17,18). The van der Waals surface area contributed by atoms with Crippen molar-refractivity contribution in [2.24, 2.45) is 0 Å². The van der Waals surface area contributed by atoms with Gasteiger partial charge in [0.25, 0.3) is 0 Å². The first-order valence-electron chi connectivity index (χ1n) is 7.37. The normalized spacial score (nSPS) is 29.4.